The lowest BCUT2D eigenvalue weighted by molar-refractivity contribution is 0.247. The van der Waals surface area contributed by atoms with Crippen molar-refractivity contribution in [1.29, 1.82) is 0 Å². The van der Waals surface area contributed by atoms with Gasteiger partial charge in [0.05, 0.1) is 6.04 Å². The molecule has 0 radical (unpaired) electrons. The van der Waals surface area contributed by atoms with Gasteiger partial charge in [0, 0.05) is 6.42 Å². The predicted octanol–water partition coefficient (Wildman–Crippen LogP) is -0.235. The first kappa shape index (κ1) is 5.34. The number of rotatable bonds is 1. The number of carbonyl (C=O) groups excluding carboxylic acids is 1. The molecule has 0 spiro atoms. The summed E-state index contributed by atoms with van der Waals surface area (Å²) in [4.78, 5) is 9.94. The van der Waals surface area contributed by atoms with E-state index in [9.17, 15) is 9.18 Å². The van der Waals surface area contributed by atoms with E-state index in [1.807, 2.05) is 0 Å². The average molecular weight is 118 g/mol. The summed E-state index contributed by atoms with van der Waals surface area (Å²) in [5, 5.41) is 2.23. The maximum atomic E-state index is 11.9. The maximum absolute atomic E-state index is 11.9. The number of urea groups is 1. The third kappa shape index (κ3) is 1.08. The van der Waals surface area contributed by atoms with Crippen LogP contribution in [-0.2, 0) is 0 Å². The molecule has 1 rings (SSSR count). The molecule has 2 amide bonds. The van der Waals surface area contributed by atoms with Crippen molar-refractivity contribution >= 4 is 6.03 Å². The minimum Gasteiger partial charge on any atom is -0.352 e. The van der Waals surface area contributed by atoms with E-state index in [-0.39, 0.29) is 6.04 Å². The van der Waals surface area contributed by atoms with Gasteiger partial charge in [-0.2, -0.15) is 0 Å². The van der Waals surface area contributed by atoms with Gasteiger partial charge in [0.1, 0.15) is 6.17 Å². The number of primary amides is 1. The van der Waals surface area contributed by atoms with E-state index in [0.29, 0.717) is 6.42 Å². The van der Waals surface area contributed by atoms with Gasteiger partial charge in [-0.1, -0.05) is 0 Å². The highest BCUT2D eigenvalue weighted by Gasteiger charge is 2.38. The van der Waals surface area contributed by atoms with Gasteiger partial charge in [-0.05, 0) is 0 Å². The second-order valence-corrected chi connectivity index (χ2v) is 1.87. The lowest BCUT2D eigenvalue weighted by Gasteiger charge is -1.92. The molecule has 46 valence electrons. The molecule has 1 fully saturated rings. The molecule has 0 heterocycles. The Labute approximate surface area is 46.0 Å². The summed E-state index contributed by atoms with van der Waals surface area (Å²) in [6.45, 7) is 0. The molecule has 0 aromatic carbocycles. The van der Waals surface area contributed by atoms with Gasteiger partial charge in [0.15, 0.2) is 0 Å². The van der Waals surface area contributed by atoms with E-state index >= 15 is 0 Å². The molecule has 3 nitrogen and oxygen atoms in total. The Morgan fingerprint density at radius 2 is 2.38 bits per heavy atom. The molecular weight excluding hydrogens is 111 g/mol. The maximum Gasteiger partial charge on any atom is 0.312 e. The number of hydrogen-bond donors (Lipinski definition) is 2. The van der Waals surface area contributed by atoms with Crippen LogP contribution in [0.5, 0.6) is 0 Å². The molecule has 0 saturated heterocycles. The van der Waals surface area contributed by atoms with Crippen LogP contribution in [0.25, 0.3) is 0 Å². The largest absolute Gasteiger partial charge is 0.352 e. The first-order chi connectivity index (χ1) is 3.70. The lowest BCUT2D eigenvalue weighted by atomic mass is 10.7. The SMILES string of the molecule is NC(=O)N[C@H]1C[C@H]1F. The van der Waals surface area contributed by atoms with Gasteiger partial charge >= 0.3 is 6.03 Å². The normalized spacial score (nSPS) is 34.1. The minimum atomic E-state index is -0.859. The summed E-state index contributed by atoms with van der Waals surface area (Å²) in [6.07, 6.45) is -0.439. The number of amides is 2. The van der Waals surface area contributed by atoms with Crippen molar-refractivity contribution < 1.29 is 9.18 Å². The molecule has 0 aromatic rings. The number of alkyl halides is 1. The van der Waals surface area contributed by atoms with Crippen molar-refractivity contribution in [1.82, 2.24) is 5.32 Å². The summed E-state index contributed by atoms with van der Waals surface area (Å²) in [6, 6.07) is -0.942. The molecule has 4 heteroatoms. The van der Waals surface area contributed by atoms with E-state index in [1.54, 1.807) is 0 Å². The number of nitrogens with two attached hydrogens (primary N) is 1. The van der Waals surface area contributed by atoms with Crippen LogP contribution < -0.4 is 11.1 Å². The van der Waals surface area contributed by atoms with E-state index in [4.69, 9.17) is 0 Å². The lowest BCUT2D eigenvalue weighted by Crippen LogP contribution is -2.32. The third-order valence-corrected chi connectivity index (χ3v) is 1.04. The Morgan fingerprint density at radius 1 is 1.88 bits per heavy atom. The summed E-state index contributed by atoms with van der Waals surface area (Å²) < 4.78 is 11.9. The summed E-state index contributed by atoms with van der Waals surface area (Å²) >= 11 is 0. The van der Waals surface area contributed by atoms with Crippen LogP contribution in [0.3, 0.4) is 0 Å². The van der Waals surface area contributed by atoms with Crippen LogP contribution in [0, 0.1) is 0 Å². The molecule has 0 unspecified atom stereocenters. The van der Waals surface area contributed by atoms with E-state index < -0.39 is 12.2 Å². The Kier molecular flexibility index (Phi) is 1.08. The standard InChI is InChI=1S/C4H7FN2O/c5-2-1-3(2)7-4(6)8/h2-3H,1H2,(H3,6,7,8)/t2-,3+/m1/s1. The topological polar surface area (TPSA) is 55.1 Å². The van der Waals surface area contributed by atoms with Gasteiger partial charge in [-0.15, -0.1) is 0 Å². The Bertz CT molecular complexity index is 117. The van der Waals surface area contributed by atoms with Crippen molar-refractivity contribution in [3.05, 3.63) is 0 Å². The molecule has 8 heavy (non-hydrogen) atoms. The second-order valence-electron chi connectivity index (χ2n) is 1.87. The van der Waals surface area contributed by atoms with E-state index in [0.717, 1.165) is 0 Å². The highest BCUT2D eigenvalue weighted by molar-refractivity contribution is 5.72. The molecule has 0 aliphatic heterocycles. The molecule has 1 saturated carbocycles. The van der Waals surface area contributed by atoms with Gasteiger partial charge in [-0.3, -0.25) is 0 Å². The molecule has 1 aliphatic carbocycles. The molecule has 0 bridgehead atoms. The number of carbonyl (C=O) groups is 1. The smallest absolute Gasteiger partial charge is 0.312 e. The summed E-state index contributed by atoms with van der Waals surface area (Å²) in [5.41, 5.74) is 4.68. The Morgan fingerprint density at radius 3 is 2.50 bits per heavy atom. The highest BCUT2D eigenvalue weighted by Crippen LogP contribution is 2.24. The van der Waals surface area contributed by atoms with Gasteiger partial charge in [-0.25, -0.2) is 9.18 Å². The highest BCUT2D eigenvalue weighted by atomic mass is 19.1. The first-order valence-corrected chi connectivity index (χ1v) is 2.40. The number of hydrogen-bond acceptors (Lipinski definition) is 1. The average Bonchev–Trinajstić information content (AvgIpc) is 2.17. The summed E-state index contributed by atoms with van der Waals surface area (Å²) in [7, 11) is 0. The Hall–Kier alpha value is -0.800. The summed E-state index contributed by atoms with van der Waals surface area (Å²) in [5.74, 6) is 0. The quantitative estimate of drug-likeness (QED) is 0.490. The minimum absolute atomic E-state index is 0.299. The first-order valence-electron chi connectivity index (χ1n) is 2.40. The van der Waals surface area contributed by atoms with Crippen LogP contribution >= 0.6 is 0 Å². The van der Waals surface area contributed by atoms with Crippen LogP contribution in [0.4, 0.5) is 9.18 Å². The van der Waals surface area contributed by atoms with Crippen molar-refractivity contribution in [2.24, 2.45) is 5.73 Å². The van der Waals surface area contributed by atoms with E-state index in [2.05, 4.69) is 11.1 Å². The zero-order chi connectivity index (χ0) is 6.15. The van der Waals surface area contributed by atoms with Crippen LogP contribution in [0.2, 0.25) is 0 Å². The van der Waals surface area contributed by atoms with Crippen LogP contribution in [0.15, 0.2) is 0 Å². The fourth-order valence-corrected chi connectivity index (χ4v) is 0.496. The van der Waals surface area contributed by atoms with Gasteiger partial charge in [0.25, 0.3) is 0 Å². The third-order valence-electron chi connectivity index (χ3n) is 1.04. The predicted molar refractivity (Wildman–Crippen MR) is 26.0 cm³/mol. The number of nitrogens with one attached hydrogen (secondary N) is 1. The van der Waals surface area contributed by atoms with Crippen molar-refractivity contribution in [2.75, 3.05) is 0 Å². The molecular formula is C4H7FN2O. The van der Waals surface area contributed by atoms with Gasteiger partial charge in [0.2, 0.25) is 0 Å². The fraction of sp³-hybridized carbons (Fsp3) is 0.750. The molecule has 0 aromatic heterocycles. The van der Waals surface area contributed by atoms with Gasteiger partial charge < -0.3 is 11.1 Å². The van der Waals surface area contributed by atoms with Crippen LogP contribution in [-0.4, -0.2) is 18.2 Å². The van der Waals surface area contributed by atoms with Crippen molar-refractivity contribution in [3.8, 4) is 0 Å². The number of halogens is 1. The molecule has 3 N–H and O–H groups in total. The monoisotopic (exact) mass is 118 g/mol. The Balaban J connectivity index is 2.14. The van der Waals surface area contributed by atoms with E-state index in [1.165, 1.54) is 0 Å². The van der Waals surface area contributed by atoms with Crippen molar-refractivity contribution in [3.63, 3.8) is 0 Å². The molecule has 2 atom stereocenters. The van der Waals surface area contributed by atoms with Crippen LogP contribution in [0.1, 0.15) is 6.42 Å². The van der Waals surface area contributed by atoms with Crippen molar-refractivity contribution in [2.45, 2.75) is 18.6 Å². The second kappa shape index (κ2) is 1.61. The zero-order valence-corrected chi connectivity index (χ0v) is 4.23. The fourth-order valence-electron chi connectivity index (χ4n) is 0.496. The molecule has 1 aliphatic rings. The zero-order valence-electron chi connectivity index (χ0n) is 4.23.